The largest absolute Gasteiger partial charge is 0.404 e. The molecule has 0 aliphatic carbocycles. The summed E-state index contributed by atoms with van der Waals surface area (Å²) in [5, 5.41) is 2.24. The van der Waals surface area contributed by atoms with E-state index in [9.17, 15) is 13.2 Å². The molecule has 0 aliphatic heterocycles. The zero-order chi connectivity index (χ0) is 12.0. The molecule has 0 fully saturated rings. The van der Waals surface area contributed by atoms with E-state index in [1.807, 2.05) is 0 Å². The molecule has 0 saturated heterocycles. The van der Waals surface area contributed by atoms with E-state index in [4.69, 9.17) is 0 Å². The average Bonchev–Trinajstić information content (AvgIpc) is 2.24. The quantitative estimate of drug-likeness (QED) is 0.860. The predicted molar refractivity (Wildman–Crippen MR) is 56.8 cm³/mol. The van der Waals surface area contributed by atoms with Gasteiger partial charge in [0.2, 0.25) is 0 Å². The molecule has 88 valence electrons. The Morgan fingerprint density at radius 1 is 1.50 bits per heavy atom. The molecule has 1 aromatic rings. The van der Waals surface area contributed by atoms with Gasteiger partial charge in [-0.2, -0.15) is 13.2 Å². The van der Waals surface area contributed by atoms with Crippen molar-refractivity contribution in [3.63, 3.8) is 0 Å². The molecule has 0 aliphatic rings. The lowest BCUT2D eigenvalue weighted by Crippen LogP contribution is -2.39. The van der Waals surface area contributed by atoms with Crippen LogP contribution in [0.2, 0.25) is 0 Å². The monoisotopic (exact) mass is 230 g/mol. The van der Waals surface area contributed by atoms with Crippen LogP contribution in [0.4, 0.5) is 13.2 Å². The SMILES string of the molecule is CNC(CC=Cc1cccnc1)C(F)(F)F. The zero-order valence-electron chi connectivity index (χ0n) is 8.83. The molecule has 0 saturated carbocycles. The van der Waals surface area contributed by atoms with Crippen LogP contribution in [0.15, 0.2) is 30.6 Å². The molecule has 0 aromatic carbocycles. The van der Waals surface area contributed by atoms with E-state index in [0.717, 1.165) is 5.56 Å². The summed E-state index contributed by atoms with van der Waals surface area (Å²) < 4.78 is 37.0. The first-order chi connectivity index (χ1) is 7.54. The van der Waals surface area contributed by atoms with E-state index in [2.05, 4.69) is 10.3 Å². The maximum Gasteiger partial charge on any atom is 0.404 e. The van der Waals surface area contributed by atoms with Crippen LogP contribution in [0.5, 0.6) is 0 Å². The summed E-state index contributed by atoms with van der Waals surface area (Å²) in [5.41, 5.74) is 0.791. The van der Waals surface area contributed by atoms with E-state index in [-0.39, 0.29) is 6.42 Å². The van der Waals surface area contributed by atoms with Crippen molar-refractivity contribution < 1.29 is 13.2 Å². The number of nitrogens with zero attached hydrogens (tertiary/aromatic N) is 1. The molecule has 1 heterocycles. The van der Waals surface area contributed by atoms with Crippen LogP contribution >= 0.6 is 0 Å². The number of hydrogen-bond donors (Lipinski definition) is 1. The molecule has 1 aromatic heterocycles. The number of aromatic nitrogens is 1. The van der Waals surface area contributed by atoms with Crippen LogP contribution in [-0.4, -0.2) is 24.2 Å². The third-order valence-electron chi connectivity index (χ3n) is 2.11. The Balaban J connectivity index is 2.53. The van der Waals surface area contributed by atoms with Crippen molar-refractivity contribution in [3.8, 4) is 0 Å². The summed E-state index contributed by atoms with van der Waals surface area (Å²) in [6.07, 6.45) is 2.03. The fraction of sp³-hybridized carbons (Fsp3) is 0.364. The van der Waals surface area contributed by atoms with Gasteiger partial charge in [0, 0.05) is 12.4 Å². The minimum absolute atomic E-state index is 0.0884. The van der Waals surface area contributed by atoms with Crippen molar-refractivity contribution >= 4 is 6.08 Å². The maximum atomic E-state index is 12.3. The maximum absolute atomic E-state index is 12.3. The van der Waals surface area contributed by atoms with Gasteiger partial charge in [0.1, 0.15) is 6.04 Å². The average molecular weight is 230 g/mol. The van der Waals surface area contributed by atoms with Gasteiger partial charge in [0.15, 0.2) is 0 Å². The standard InChI is InChI=1S/C11H13F3N2/c1-15-10(11(12,13)14)6-2-4-9-5-3-7-16-8-9/h2-5,7-8,10,15H,6H2,1H3. The van der Waals surface area contributed by atoms with Crippen molar-refractivity contribution in [1.29, 1.82) is 0 Å². The topological polar surface area (TPSA) is 24.9 Å². The first kappa shape index (κ1) is 12.7. The Morgan fingerprint density at radius 2 is 2.25 bits per heavy atom. The van der Waals surface area contributed by atoms with Crippen molar-refractivity contribution in [1.82, 2.24) is 10.3 Å². The van der Waals surface area contributed by atoms with Crippen LogP contribution in [0.25, 0.3) is 6.08 Å². The van der Waals surface area contributed by atoms with Crippen molar-refractivity contribution in [2.45, 2.75) is 18.6 Å². The van der Waals surface area contributed by atoms with Gasteiger partial charge >= 0.3 is 6.18 Å². The third-order valence-corrected chi connectivity index (χ3v) is 2.11. The van der Waals surface area contributed by atoms with Crippen molar-refractivity contribution in [3.05, 3.63) is 36.2 Å². The van der Waals surface area contributed by atoms with Crippen molar-refractivity contribution in [2.24, 2.45) is 0 Å². The van der Waals surface area contributed by atoms with E-state index < -0.39 is 12.2 Å². The van der Waals surface area contributed by atoms with E-state index in [1.54, 1.807) is 30.6 Å². The molecule has 0 radical (unpaired) electrons. The lowest BCUT2D eigenvalue weighted by Gasteiger charge is -2.17. The molecule has 1 unspecified atom stereocenters. The highest BCUT2D eigenvalue weighted by Gasteiger charge is 2.37. The van der Waals surface area contributed by atoms with Gasteiger partial charge in [-0.15, -0.1) is 0 Å². The number of hydrogen-bond acceptors (Lipinski definition) is 2. The molecule has 0 bridgehead atoms. The second-order valence-corrected chi connectivity index (χ2v) is 3.31. The van der Waals surface area contributed by atoms with Gasteiger partial charge in [-0.05, 0) is 25.1 Å². The van der Waals surface area contributed by atoms with Gasteiger partial charge in [-0.1, -0.05) is 18.2 Å². The molecule has 1 rings (SSSR count). The van der Waals surface area contributed by atoms with E-state index >= 15 is 0 Å². The summed E-state index contributed by atoms with van der Waals surface area (Å²) >= 11 is 0. The first-order valence-electron chi connectivity index (χ1n) is 4.84. The van der Waals surface area contributed by atoms with Crippen LogP contribution in [0.3, 0.4) is 0 Å². The Bertz CT molecular complexity index is 333. The molecule has 1 N–H and O–H groups in total. The summed E-state index contributed by atoms with van der Waals surface area (Å²) in [6.45, 7) is 0. The van der Waals surface area contributed by atoms with Gasteiger partial charge in [0.25, 0.3) is 0 Å². The highest BCUT2D eigenvalue weighted by molar-refractivity contribution is 5.47. The summed E-state index contributed by atoms with van der Waals surface area (Å²) in [7, 11) is 1.30. The van der Waals surface area contributed by atoms with E-state index in [1.165, 1.54) is 13.1 Å². The lowest BCUT2D eigenvalue weighted by atomic mass is 10.1. The summed E-state index contributed by atoms with van der Waals surface area (Å²) in [6, 6.07) is 2.02. The second-order valence-electron chi connectivity index (χ2n) is 3.31. The first-order valence-corrected chi connectivity index (χ1v) is 4.84. The molecule has 0 amide bonds. The second kappa shape index (κ2) is 5.65. The predicted octanol–water partition coefficient (Wildman–Crippen LogP) is 2.64. The van der Waals surface area contributed by atoms with Gasteiger partial charge in [-0.25, -0.2) is 0 Å². The molecule has 5 heteroatoms. The number of pyridine rings is 1. The Hall–Kier alpha value is -1.36. The van der Waals surface area contributed by atoms with E-state index in [0.29, 0.717) is 0 Å². The molecule has 1 atom stereocenters. The summed E-state index contributed by atoms with van der Waals surface area (Å²) in [4.78, 5) is 3.86. The molecular weight excluding hydrogens is 217 g/mol. The Labute approximate surface area is 92.2 Å². The number of nitrogens with one attached hydrogen (secondary N) is 1. The highest BCUT2D eigenvalue weighted by Crippen LogP contribution is 2.22. The van der Waals surface area contributed by atoms with Gasteiger partial charge < -0.3 is 5.32 Å². The number of rotatable bonds is 4. The van der Waals surface area contributed by atoms with Gasteiger partial charge in [0.05, 0.1) is 0 Å². The Kier molecular flexibility index (Phi) is 4.49. The molecule has 2 nitrogen and oxygen atoms in total. The van der Waals surface area contributed by atoms with Crippen LogP contribution in [-0.2, 0) is 0 Å². The normalized spacial score (nSPS) is 14.2. The number of alkyl halides is 3. The smallest absolute Gasteiger partial charge is 0.309 e. The molecule has 0 spiro atoms. The van der Waals surface area contributed by atoms with Crippen LogP contribution in [0.1, 0.15) is 12.0 Å². The van der Waals surface area contributed by atoms with Crippen LogP contribution < -0.4 is 5.32 Å². The molecule has 16 heavy (non-hydrogen) atoms. The van der Waals surface area contributed by atoms with Crippen LogP contribution in [0, 0.1) is 0 Å². The minimum atomic E-state index is -4.21. The highest BCUT2D eigenvalue weighted by atomic mass is 19.4. The summed E-state index contributed by atoms with van der Waals surface area (Å²) in [5.74, 6) is 0. The third kappa shape index (κ3) is 4.02. The van der Waals surface area contributed by atoms with Crippen molar-refractivity contribution in [2.75, 3.05) is 7.05 Å². The Morgan fingerprint density at radius 3 is 2.75 bits per heavy atom. The zero-order valence-corrected chi connectivity index (χ0v) is 8.83. The number of halogens is 3. The fourth-order valence-corrected chi connectivity index (χ4v) is 1.23. The lowest BCUT2D eigenvalue weighted by molar-refractivity contribution is -0.153. The fourth-order valence-electron chi connectivity index (χ4n) is 1.23. The van der Waals surface area contributed by atoms with Gasteiger partial charge in [-0.3, -0.25) is 4.98 Å². The minimum Gasteiger partial charge on any atom is -0.309 e. The molecular formula is C11H13F3N2.